The zero-order valence-corrected chi connectivity index (χ0v) is 13.9. The first-order chi connectivity index (χ1) is 9.86. The molecule has 1 aromatic carbocycles. The minimum absolute atomic E-state index is 0.0441. The van der Waals surface area contributed by atoms with Crippen LogP contribution in [0.5, 0.6) is 0 Å². The molecule has 1 fully saturated rings. The van der Waals surface area contributed by atoms with E-state index in [1.807, 2.05) is 19.1 Å². The Morgan fingerprint density at radius 2 is 1.86 bits per heavy atom. The van der Waals surface area contributed by atoms with Gasteiger partial charge in [0.25, 0.3) is 0 Å². The second kappa shape index (κ2) is 6.46. The van der Waals surface area contributed by atoms with Gasteiger partial charge in [-0.1, -0.05) is 26.0 Å². The van der Waals surface area contributed by atoms with Crippen LogP contribution in [-0.4, -0.2) is 31.9 Å². The van der Waals surface area contributed by atoms with E-state index in [2.05, 4.69) is 13.8 Å². The topological polar surface area (TPSA) is 63.4 Å². The van der Waals surface area contributed by atoms with E-state index in [0.717, 1.165) is 18.4 Å². The Kier molecular flexibility index (Phi) is 5.07. The molecule has 118 valence electrons. The standard InChI is InChI=1S/C16H26N2O2S/c1-12(2)15-6-8-16(9-7-15)21(19,20)18-11-14(10-17)5-4-13(18)3/h6-9,12-14H,4-5,10-11,17H2,1-3H3. The third-order valence-electron chi connectivity index (χ3n) is 4.41. The smallest absolute Gasteiger partial charge is 0.243 e. The summed E-state index contributed by atoms with van der Waals surface area (Å²) in [4.78, 5) is 0.386. The van der Waals surface area contributed by atoms with E-state index in [1.54, 1.807) is 16.4 Å². The summed E-state index contributed by atoms with van der Waals surface area (Å²) in [5.74, 6) is 0.670. The zero-order chi connectivity index (χ0) is 15.6. The Morgan fingerprint density at radius 1 is 1.24 bits per heavy atom. The second-order valence-electron chi connectivity index (χ2n) is 6.33. The summed E-state index contributed by atoms with van der Waals surface area (Å²) in [6.45, 7) is 7.26. The fourth-order valence-electron chi connectivity index (χ4n) is 2.83. The number of sulfonamides is 1. The maximum Gasteiger partial charge on any atom is 0.243 e. The molecule has 0 radical (unpaired) electrons. The normalized spacial score (nSPS) is 24.4. The number of nitrogens with two attached hydrogens (primary N) is 1. The molecular formula is C16H26N2O2S. The number of hydrogen-bond acceptors (Lipinski definition) is 3. The van der Waals surface area contributed by atoms with E-state index in [4.69, 9.17) is 5.73 Å². The van der Waals surface area contributed by atoms with Crippen LogP contribution >= 0.6 is 0 Å². The minimum Gasteiger partial charge on any atom is -0.330 e. The lowest BCUT2D eigenvalue weighted by molar-refractivity contribution is 0.211. The van der Waals surface area contributed by atoms with Gasteiger partial charge in [-0.3, -0.25) is 0 Å². The summed E-state index contributed by atoms with van der Waals surface area (Å²) in [5.41, 5.74) is 6.88. The molecule has 0 bridgehead atoms. The van der Waals surface area contributed by atoms with Crippen LogP contribution < -0.4 is 5.73 Å². The second-order valence-corrected chi connectivity index (χ2v) is 8.22. The van der Waals surface area contributed by atoms with Gasteiger partial charge in [0.1, 0.15) is 0 Å². The lowest BCUT2D eigenvalue weighted by Crippen LogP contribution is -2.46. The van der Waals surface area contributed by atoms with Gasteiger partial charge in [-0.25, -0.2) is 8.42 Å². The van der Waals surface area contributed by atoms with Crippen LogP contribution in [0, 0.1) is 5.92 Å². The minimum atomic E-state index is -3.42. The molecule has 0 amide bonds. The average Bonchev–Trinajstić information content (AvgIpc) is 2.47. The quantitative estimate of drug-likeness (QED) is 0.929. The lowest BCUT2D eigenvalue weighted by atomic mass is 9.96. The van der Waals surface area contributed by atoms with Crippen molar-refractivity contribution in [3.8, 4) is 0 Å². The highest BCUT2D eigenvalue weighted by Crippen LogP contribution is 2.28. The molecule has 21 heavy (non-hydrogen) atoms. The highest BCUT2D eigenvalue weighted by molar-refractivity contribution is 7.89. The summed E-state index contributed by atoms with van der Waals surface area (Å²) < 4.78 is 27.3. The molecular weight excluding hydrogens is 284 g/mol. The SMILES string of the molecule is CC(C)c1ccc(S(=O)(=O)N2CC(CN)CCC2C)cc1. The molecule has 0 spiro atoms. The molecule has 0 aliphatic carbocycles. The first-order valence-electron chi connectivity index (χ1n) is 7.68. The van der Waals surface area contributed by atoms with Gasteiger partial charge in [0.05, 0.1) is 4.90 Å². The van der Waals surface area contributed by atoms with Crippen LogP contribution in [-0.2, 0) is 10.0 Å². The van der Waals surface area contributed by atoms with Gasteiger partial charge in [0.2, 0.25) is 10.0 Å². The molecule has 2 rings (SSSR count). The van der Waals surface area contributed by atoms with Crippen LogP contribution in [0.3, 0.4) is 0 Å². The maximum absolute atomic E-state index is 12.8. The number of piperidine rings is 1. The zero-order valence-electron chi connectivity index (χ0n) is 13.1. The fraction of sp³-hybridized carbons (Fsp3) is 0.625. The molecule has 2 atom stereocenters. The number of benzene rings is 1. The molecule has 1 heterocycles. The highest BCUT2D eigenvalue weighted by atomic mass is 32.2. The van der Waals surface area contributed by atoms with Crippen LogP contribution in [0.4, 0.5) is 0 Å². The third kappa shape index (κ3) is 3.47. The van der Waals surface area contributed by atoms with Crippen molar-refractivity contribution in [1.82, 2.24) is 4.31 Å². The van der Waals surface area contributed by atoms with Crippen molar-refractivity contribution in [1.29, 1.82) is 0 Å². The van der Waals surface area contributed by atoms with Gasteiger partial charge in [-0.15, -0.1) is 0 Å². The third-order valence-corrected chi connectivity index (χ3v) is 6.40. The van der Waals surface area contributed by atoms with Crippen molar-refractivity contribution in [3.63, 3.8) is 0 Å². The first-order valence-corrected chi connectivity index (χ1v) is 9.12. The van der Waals surface area contributed by atoms with Gasteiger partial charge < -0.3 is 5.73 Å². The fourth-order valence-corrected chi connectivity index (χ4v) is 4.57. The number of hydrogen-bond donors (Lipinski definition) is 1. The van der Waals surface area contributed by atoms with Crippen LogP contribution in [0.1, 0.15) is 45.1 Å². The first kappa shape index (κ1) is 16.5. The van der Waals surface area contributed by atoms with Crippen LogP contribution in [0.25, 0.3) is 0 Å². The van der Waals surface area contributed by atoms with Crippen molar-refractivity contribution in [3.05, 3.63) is 29.8 Å². The largest absolute Gasteiger partial charge is 0.330 e. The Morgan fingerprint density at radius 3 is 2.38 bits per heavy atom. The van der Waals surface area contributed by atoms with Crippen molar-refractivity contribution in [2.45, 2.75) is 50.5 Å². The van der Waals surface area contributed by atoms with Gasteiger partial charge in [-0.05, 0) is 55.8 Å². The van der Waals surface area contributed by atoms with E-state index in [9.17, 15) is 8.42 Å². The van der Waals surface area contributed by atoms with Crippen LogP contribution in [0.15, 0.2) is 29.2 Å². The summed E-state index contributed by atoms with van der Waals surface area (Å²) in [7, 11) is -3.42. The monoisotopic (exact) mass is 310 g/mol. The predicted molar refractivity (Wildman–Crippen MR) is 85.7 cm³/mol. The maximum atomic E-state index is 12.8. The Labute approximate surface area is 128 Å². The number of rotatable bonds is 4. The molecule has 2 N–H and O–H groups in total. The molecule has 1 aliphatic rings. The number of nitrogens with zero attached hydrogens (tertiary/aromatic N) is 1. The molecule has 1 aliphatic heterocycles. The van der Waals surface area contributed by atoms with Crippen LogP contribution in [0.2, 0.25) is 0 Å². The molecule has 5 heteroatoms. The molecule has 4 nitrogen and oxygen atoms in total. The van der Waals surface area contributed by atoms with Gasteiger partial charge in [-0.2, -0.15) is 4.31 Å². The van der Waals surface area contributed by atoms with Gasteiger partial charge >= 0.3 is 0 Å². The van der Waals surface area contributed by atoms with Gasteiger partial charge in [0, 0.05) is 12.6 Å². The van der Waals surface area contributed by atoms with E-state index in [-0.39, 0.29) is 12.0 Å². The Balaban J connectivity index is 2.27. The van der Waals surface area contributed by atoms with E-state index >= 15 is 0 Å². The van der Waals surface area contributed by atoms with Crippen molar-refractivity contribution in [2.75, 3.05) is 13.1 Å². The summed E-state index contributed by atoms with van der Waals surface area (Å²) in [5, 5.41) is 0. The molecule has 2 unspecified atom stereocenters. The molecule has 1 saturated heterocycles. The Bertz CT molecular complexity index is 566. The van der Waals surface area contributed by atoms with Crippen molar-refractivity contribution in [2.24, 2.45) is 11.7 Å². The average molecular weight is 310 g/mol. The molecule has 0 saturated carbocycles. The lowest BCUT2D eigenvalue weighted by Gasteiger charge is -2.36. The molecule has 1 aromatic rings. The van der Waals surface area contributed by atoms with Gasteiger partial charge in [0.15, 0.2) is 0 Å². The Hall–Kier alpha value is -0.910. The van der Waals surface area contributed by atoms with E-state index in [0.29, 0.717) is 23.9 Å². The van der Waals surface area contributed by atoms with Crippen molar-refractivity contribution < 1.29 is 8.42 Å². The van der Waals surface area contributed by atoms with E-state index < -0.39 is 10.0 Å². The summed E-state index contributed by atoms with van der Waals surface area (Å²) in [6, 6.07) is 7.31. The summed E-state index contributed by atoms with van der Waals surface area (Å²) >= 11 is 0. The molecule has 0 aromatic heterocycles. The summed E-state index contributed by atoms with van der Waals surface area (Å²) in [6.07, 6.45) is 1.89. The van der Waals surface area contributed by atoms with E-state index in [1.165, 1.54) is 0 Å². The predicted octanol–water partition coefficient (Wildman–Crippen LogP) is 2.56. The highest BCUT2D eigenvalue weighted by Gasteiger charge is 2.34. The van der Waals surface area contributed by atoms with Crippen molar-refractivity contribution >= 4 is 10.0 Å².